The normalized spacial score (nSPS) is 9.43. The van der Waals surface area contributed by atoms with Crippen molar-refractivity contribution < 1.29 is 11.6 Å². The Hall–Kier alpha value is 0.984. The van der Waals surface area contributed by atoms with Crippen LogP contribution in [-0.4, -0.2) is 0 Å². The van der Waals surface area contributed by atoms with Crippen molar-refractivity contribution in [3.8, 4) is 0 Å². The van der Waals surface area contributed by atoms with Crippen molar-refractivity contribution in [3.63, 3.8) is 0 Å². The van der Waals surface area contributed by atoms with Crippen LogP contribution in [0.5, 0.6) is 0 Å². The van der Waals surface area contributed by atoms with Gasteiger partial charge >= 0.3 is 51.1 Å². The Morgan fingerprint density at radius 2 is 1.79 bits per heavy atom. The van der Waals surface area contributed by atoms with E-state index in [1.165, 1.54) is 16.3 Å². The molecule has 0 saturated carbocycles. The molecule has 0 atom stereocenters. The average molecular weight is 417 g/mol. The van der Waals surface area contributed by atoms with Crippen LogP contribution in [0.4, 0.5) is 0 Å². The van der Waals surface area contributed by atoms with Crippen molar-refractivity contribution in [1.82, 2.24) is 0 Å². The zero-order chi connectivity index (χ0) is 10.6. The van der Waals surface area contributed by atoms with Crippen molar-refractivity contribution >= 4 is 50.3 Å². The van der Waals surface area contributed by atoms with Crippen molar-refractivity contribution in [1.29, 1.82) is 0 Å². The van der Waals surface area contributed by atoms with Gasteiger partial charge in [0.1, 0.15) is 0 Å². The first kappa shape index (κ1) is 13.1. The van der Waals surface area contributed by atoms with Crippen LogP contribution in [0.1, 0.15) is 5.56 Å². The number of halogens is 3. The minimum absolute atomic E-state index is 0.896. The molecule has 0 aliphatic rings. The Kier molecular flexibility index (Phi) is 6.10. The molecule has 0 fully saturated rings. The number of hydrogen-bond acceptors (Lipinski definition) is 0. The molecule has 14 heavy (non-hydrogen) atoms. The van der Waals surface area contributed by atoms with Crippen LogP contribution in [0.25, 0.3) is 10.8 Å². The maximum atomic E-state index is 3.27. The summed E-state index contributed by atoms with van der Waals surface area (Å²) in [5.41, 5.74) is 1.36. The van der Waals surface area contributed by atoms with E-state index in [-0.39, 0.29) is 0 Å². The quantitative estimate of drug-likeness (QED) is 0.398. The molecule has 0 aromatic heterocycles. The van der Waals surface area contributed by atoms with Gasteiger partial charge in [-0.3, -0.25) is 0 Å². The van der Waals surface area contributed by atoms with Gasteiger partial charge in [0.15, 0.2) is 0 Å². The molecule has 4 heteroatoms. The summed E-state index contributed by atoms with van der Waals surface area (Å²) in [6.45, 7) is 2.14. The van der Waals surface area contributed by atoms with E-state index in [2.05, 4.69) is 82.8 Å². The minimum atomic E-state index is -0.896. The fraction of sp³-hybridized carbons (Fsp3) is 0.100. The van der Waals surface area contributed by atoms with Gasteiger partial charge in [0, 0.05) is 0 Å². The monoisotopic (exact) mass is 414 g/mol. The molecule has 0 spiro atoms. The molecule has 0 nitrogen and oxygen atoms in total. The van der Waals surface area contributed by atoms with Gasteiger partial charge in [-0.05, 0) is 6.92 Å². The first-order valence-corrected chi connectivity index (χ1v) is 15.6. The third kappa shape index (κ3) is 4.24. The second-order valence-electron chi connectivity index (χ2n) is 2.82. The van der Waals surface area contributed by atoms with Crippen LogP contribution in [-0.2, 0) is 11.6 Å². The number of benzene rings is 1. The van der Waals surface area contributed by atoms with Gasteiger partial charge in [-0.15, -0.1) is 29.0 Å². The molecule has 0 radical (unpaired) electrons. The van der Waals surface area contributed by atoms with Crippen LogP contribution in [0, 0.1) is 6.92 Å². The first-order chi connectivity index (χ1) is 6.61. The average Bonchev–Trinajstić information content (AvgIpc) is 2.52. The molecule has 74 valence electrons. The van der Waals surface area contributed by atoms with Crippen molar-refractivity contribution in [3.05, 3.63) is 42.0 Å². The SMILES string of the molecule is Cc1cccc2[cH-]ccc12.[Br][Ti+]([Br])[Br]. The van der Waals surface area contributed by atoms with Crippen molar-refractivity contribution in [2.24, 2.45) is 0 Å². The van der Waals surface area contributed by atoms with Gasteiger partial charge in [-0.1, -0.05) is 11.6 Å². The van der Waals surface area contributed by atoms with E-state index in [9.17, 15) is 0 Å². The molecular formula is C10H9Br3Ti. The van der Waals surface area contributed by atoms with E-state index >= 15 is 0 Å². The molecule has 2 aromatic rings. The Morgan fingerprint density at radius 3 is 2.36 bits per heavy atom. The van der Waals surface area contributed by atoms with Crippen molar-refractivity contribution in [2.45, 2.75) is 6.92 Å². The number of aryl methyl sites for hydroxylation is 1. The van der Waals surface area contributed by atoms with Crippen LogP contribution in [0.15, 0.2) is 36.4 Å². The molecule has 0 aliphatic heterocycles. The summed E-state index contributed by atoms with van der Waals surface area (Å²) in [4.78, 5) is 0. The van der Waals surface area contributed by atoms with Gasteiger partial charge < -0.3 is 0 Å². The fourth-order valence-electron chi connectivity index (χ4n) is 1.32. The van der Waals surface area contributed by atoms with E-state index in [0.717, 1.165) is 0 Å². The third-order valence-electron chi connectivity index (χ3n) is 1.90. The summed E-state index contributed by atoms with van der Waals surface area (Å²) in [5, 5.41) is 2.72. The Morgan fingerprint density at radius 1 is 1.14 bits per heavy atom. The molecule has 0 heterocycles. The van der Waals surface area contributed by atoms with E-state index in [0.29, 0.717) is 0 Å². The molecule has 0 unspecified atom stereocenters. The molecule has 0 bridgehead atoms. The summed E-state index contributed by atoms with van der Waals surface area (Å²) in [7, 11) is 0. The molecule has 2 aromatic carbocycles. The second-order valence-corrected chi connectivity index (χ2v) is 26.5. The molecule has 0 saturated heterocycles. The molecular weight excluding hydrogens is 408 g/mol. The summed E-state index contributed by atoms with van der Waals surface area (Å²) in [6, 6.07) is 12.8. The number of rotatable bonds is 0. The van der Waals surface area contributed by atoms with E-state index in [1.54, 1.807) is 0 Å². The zero-order valence-corrected chi connectivity index (χ0v) is 13.9. The molecule has 0 aliphatic carbocycles. The van der Waals surface area contributed by atoms with Crippen molar-refractivity contribution in [2.75, 3.05) is 0 Å². The van der Waals surface area contributed by atoms with Gasteiger partial charge in [0.2, 0.25) is 0 Å². The topological polar surface area (TPSA) is 0 Å². The van der Waals surface area contributed by atoms with Crippen LogP contribution < -0.4 is 0 Å². The van der Waals surface area contributed by atoms with Gasteiger partial charge in [-0.2, -0.15) is 12.1 Å². The fourth-order valence-corrected chi connectivity index (χ4v) is 1.32. The van der Waals surface area contributed by atoms with Gasteiger partial charge in [0.05, 0.1) is 0 Å². The summed E-state index contributed by atoms with van der Waals surface area (Å²) >= 11 is 8.92. The summed E-state index contributed by atoms with van der Waals surface area (Å²) < 4.78 is 0. The standard InChI is InChI=1S/C10H9.3BrH.Ti/c1-8-4-2-5-9-6-3-7-10(8)9;;;;/h2-7H,1H3;3*1H;/q-1;;;;+4/p-3. The predicted octanol–water partition coefficient (Wildman–Crippen LogP) is 5.40. The number of fused-ring (bicyclic) bond motifs is 1. The molecule has 0 amide bonds. The molecule has 0 N–H and O–H groups in total. The van der Waals surface area contributed by atoms with E-state index < -0.39 is 11.6 Å². The van der Waals surface area contributed by atoms with Crippen LogP contribution >= 0.6 is 39.5 Å². The predicted molar refractivity (Wildman–Crippen MR) is 71.1 cm³/mol. The summed E-state index contributed by atoms with van der Waals surface area (Å²) in [6.07, 6.45) is 0. The van der Waals surface area contributed by atoms with E-state index in [1.807, 2.05) is 0 Å². The Bertz CT molecular complexity index is 392. The maximum absolute atomic E-state index is 3.27. The number of hydrogen-bond donors (Lipinski definition) is 0. The first-order valence-electron chi connectivity index (χ1n) is 4.05. The Labute approximate surface area is 109 Å². The van der Waals surface area contributed by atoms with Gasteiger partial charge in [0.25, 0.3) is 0 Å². The Balaban J connectivity index is 0.000000213. The van der Waals surface area contributed by atoms with E-state index in [4.69, 9.17) is 0 Å². The molecule has 2 rings (SSSR count). The zero-order valence-electron chi connectivity index (χ0n) is 7.60. The van der Waals surface area contributed by atoms with Crippen LogP contribution in [0.2, 0.25) is 0 Å². The van der Waals surface area contributed by atoms with Crippen LogP contribution in [0.3, 0.4) is 0 Å². The third-order valence-corrected chi connectivity index (χ3v) is 1.90. The second kappa shape index (κ2) is 6.54. The summed E-state index contributed by atoms with van der Waals surface area (Å²) in [5.74, 6) is 0. The van der Waals surface area contributed by atoms with Gasteiger partial charge in [-0.25, -0.2) is 0 Å².